The number of aromatic nitrogens is 3. The molecule has 4 aromatic rings. The van der Waals surface area contributed by atoms with E-state index in [1.54, 1.807) is 0 Å². The predicted molar refractivity (Wildman–Crippen MR) is 155 cm³/mol. The first-order valence-corrected chi connectivity index (χ1v) is 14.7. The SMILES string of the molecule is Cc1ccccc1-n1c(=S)sc2c(=O)n(-c3ccc(F)cc3)c(SCC(=O)NCCC3=CCCCC3)nc21. The Morgan fingerprint density at radius 1 is 1.16 bits per heavy atom. The van der Waals surface area contributed by atoms with Gasteiger partial charge >= 0.3 is 0 Å². The largest absolute Gasteiger partial charge is 0.355 e. The number of thiazole rings is 1. The van der Waals surface area contributed by atoms with Gasteiger partial charge in [0.15, 0.2) is 14.8 Å². The van der Waals surface area contributed by atoms with Gasteiger partial charge in [-0.1, -0.05) is 52.9 Å². The number of allylic oxidation sites excluding steroid dienone is 1. The average molecular weight is 567 g/mol. The molecular formula is C28H27FN4O2S3. The van der Waals surface area contributed by atoms with Crippen LogP contribution >= 0.6 is 35.3 Å². The minimum atomic E-state index is -0.404. The van der Waals surface area contributed by atoms with Crippen molar-refractivity contribution in [2.45, 2.75) is 44.2 Å². The molecule has 1 aliphatic carbocycles. The highest BCUT2D eigenvalue weighted by molar-refractivity contribution is 7.99. The summed E-state index contributed by atoms with van der Waals surface area (Å²) in [6.45, 7) is 2.56. The molecular weight excluding hydrogens is 540 g/mol. The van der Waals surface area contributed by atoms with Crippen LogP contribution in [0.3, 0.4) is 0 Å². The predicted octanol–water partition coefficient (Wildman–Crippen LogP) is 6.51. The van der Waals surface area contributed by atoms with Crippen molar-refractivity contribution in [1.82, 2.24) is 19.4 Å². The molecule has 1 N–H and O–H groups in total. The van der Waals surface area contributed by atoms with Crippen molar-refractivity contribution >= 4 is 51.6 Å². The van der Waals surface area contributed by atoms with Gasteiger partial charge in [0.2, 0.25) is 5.91 Å². The molecule has 0 fully saturated rings. The van der Waals surface area contributed by atoms with Crippen LogP contribution in [-0.2, 0) is 4.79 Å². The second-order valence-electron chi connectivity index (χ2n) is 9.15. The number of halogens is 1. The van der Waals surface area contributed by atoms with Crippen LogP contribution < -0.4 is 10.9 Å². The van der Waals surface area contributed by atoms with Gasteiger partial charge in [-0.2, -0.15) is 0 Å². The van der Waals surface area contributed by atoms with Crippen LogP contribution in [0.4, 0.5) is 4.39 Å². The summed E-state index contributed by atoms with van der Waals surface area (Å²) in [5.74, 6) is -0.445. The fourth-order valence-corrected chi connectivity index (χ4v) is 6.68. The molecule has 2 heterocycles. The van der Waals surface area contributed by atoms with E-state index in [0.29, 0.717) is 31.7 Å². The van der Waals surface area contributed by atoms with Crippen LogP contribution in [0.15, 0.2) is 70.1 Å². The Labute approximate surface area is 233 Å². The number of nitrogens with zero attached hydrogens (tertiary/aromatic N) is 3. The number of hydrogen-bond donors (Lipinski definition) is 1. The van der Waals surface area contributed by atoms with E-state index in [9.17, 15) is 14.0 Å². The zero-order valence-electron chi connectivity index (χ0n) is 20.9. The first-order valence-electron chi connectivity index (χ1n) is 12.5. The summed E-state index contributed by atoms with van der Waals surface area (Å²) in [4.78, 5) is 31.3. The number of amides is 1. The topological polar surface area (TPSA) is 68.9 Å². The van der Waals surface area contributed by atoms with Crippen molar-refractivity contribution in [3.8, 4) is 11.4 Å². The standard InChI is InChI=1S/C28H27FN4O2S3/c1-18-7-5-6-10-22(18)33-25-24(38-28(33)36)26(35)32(21-13-11-20(29)12-14-21)27(31-25)37-17-23(34)30-16-15-19-8-3-2-4-9-19/h5-8,10-14H,2-4,9,15-17H2,1H3,(H,30,34). The molecule has 0 unspecified atom stereocenters. The Balaban J connectivity index is 1.49. The first kappa shape index (κ1) is 26.5. The van der Waals surface area contributed by atoms with Crippen molar-refractivity contribution in [2.24, 2.45) is 0 Å². The maximum absolute atomic E-state index is 13.8. The molecule has 1 amide bonds. The zero-order valence-corrected chi connectivity index (χ0v) is 23.4. The second-order valence-corrected chi connectivity index (χ2v) is 11.7. The molecule has 38 heavy (non-hydrogen) atoms. The molecule has 0 saturated carbocycles. The highest BCUT2D eigenvalue weighted by Crippen LogP contribution is 2.28. The van der Waals surface area contributed by atoms with Crippen molar-refractivity contribution in [1.29, 1.82) is 0 Å². The third-order valence-corrected chi connectivity index (χ3v) is 8.79. The molecule has 0 spiro atoms. The molecule has 0 radical (unpaired) electrons. The molecule has 196 valence electrons. The Kier molecular flexibility index (Phi) is 8.21. The summed E-state index contributed by atoms with van der Waals surface area (Å²) < 4.78 is 17.8. The number of hydrogen-bond acceptors (Lipinski definition) is 6. The number of benzene rings is 2. The normalized spacial score (nSPS) is 13.5. The number of carbonyl (C=O) groups excluding carboxylic acids is 1. The van der Waals surface area contributed by atoms with E-state index in [-0.39, 0.29) is 17.2 Å². The number of para-hydroxylation sites is 1. The molecule has 2 aromatic heterocycles. The third kappa shape index (κ3) is 5.67. The van der Waals surface area contributed by atoms with Gasteiger partial charge in [0.1, 0.15) is 10.5 Å². The number of nitrogens with one attached hydrogen (secondary N) is 1. The summed E-state index contributed by atoms with van der Waals surface area (Å²) >= 11 is 8.02. The highest BCUT2D eigenvalue weighted by Gasteiger charge is 2.20. The molecule has 0 atom stereocenters. The van der Waals surface area contributed by atoms with Crippen LogP contribution in [0.5, 0.6) is 0 Å². The molecule has 2 aromatic carbocycles. The third-order valence-electron chi connectivity index (χ3n) is 6.50. The average Bonchev–Trinajstić information content (AvgIpc) is 3.25. The minimum Gasteiger partial charge on any atom is -0.355 e. The fraction of sp³-hybridized carbons (Fsp3) is 0.286. The van der Waals surface area contributed by atoms with Gasteiger partial charge in [-0.25, -0.2) is 9.37 Å². The second kappa shape index (κ2) is 11.8. The number of rotatable bonds is 8. The zero-order chi connectivity index (χ0) is 26.6. The van der Waals surface area contributed by atoms with Crippen LogP contribution in [-0.4, -0.2) is 32.3 Å². The van der Waals surface area contributed by atoms with Crippen molar-refractivity contribution in [3.63, 3.8) is 0 Å². The lowest BCUT2D eigenvalue weighted by Gasteiger charge is -2.14. The van der Waals surface area contributed by atoms with E-state index in [4.69, 9.17) is 17.2 Å². The molecule has 0 bridgehead atoms. The number of carbonyl (C=O) groups is 1. The molecule has 10 heteroatoms. The number of aryl methyl sites for hydroxylation is 1. The van der Waals surface area contributed by atoms with Gasteiger partial charge < -0.3 is 5.32 Å². The fourth-order valence-electron chi connectivity index (χ4n) is 4.55. The summed E-state index contributed by atoms with van der Waals surface area (Å²) in [6.07, 6.45) is 7.80. The molecule has 0 saturated heterocycles. The Morgan fingerprint density at radius 2 is 1.95 bits per heavy atom. The Bertz CT molecular complexity index is 1640. The van der Waals surface area contributed by atoms with Gasteiger partial charge in [0, 0.05) is 6.54 Å². The van der Waals surface area contributed by atoms with Crippen LogP contribution in [0, 0.1) is 16.7 Å². The maximum Gasteiger partial charge on any atom is 0.278 e. The van der Waals surface area contributed by atoms with E-state index >= 15 is 0 Å². The minimum absolute atomic E-state index is 0.0907. The van der Waals surface area contributed by atoms with Gasteiger partial charge in [0.05, 0.1) is 17.1 Å². The monoisotopic (exact) mass is 566 g/mol. The summed E-state index contributed by atoms with van der Waals surface area (Å²) in [7, 11) is 0. The number of fused-ring (bicyclic) bond motifs is 1. The molecule has 6 nitrogen and oxygen atoms in total. The van der Waals surface area contributed by atoms with Gasteiger partial charge in [0.25, 0.3) is 5.56 Å². The lowest BCUT2D eigenvalue weighted by Crippen LogP contribution is -2.27. The van der Waals surface area contributed by atoms with E-state index in [2.05, 4.69) is 11.4 Å². The summed E-state index contributed by atoms with van der Waals surface area (Å²) in [5, 5.41) is 3.32. The van der Waals surface area contributed by atoms with Gasteiger partial charge in [-0.15, -0.1) is 0 Å². The van der Waals surface area contributed by atoms with E-state index in [0.717, 1.165) is 30.5 Å². The summed E-state index contributed by atoms with van der Waals surface area (Å²) in [6, 6.07) is 13.4. The smallest absolute Gasteiger partial charge is 0.278 e. The Morgan fingerprint density at radius 3 is 2.68 bits per heavy atom. The van der Waals surface area contributed by atoms with Crippen molar-refractivity contribution in [3.05, 3.63) is 85.9 Å². The maximum atomic E-state index is 13.8. The Hall–Kier alpha value is -3.08. The lowest BCUT2D eigenvalue weighted by molar-refractivity contribution is -0.118. The van der Waals surface area contributed by atoms with Crippen LogP contribution in [0.2, 0.25) is 0 Å². The van der Waals surface area contributed by atoms with Crippen LogP contribution in [0.1, 0.15) is 37.7 Å². The quantitative estimate of drug-likeness (QED) is 0.114. The van der Waals surface area contributed by atoms with E-state index < -0.39 is 5.82 Å². The van der Waals surface area contributed by atoms with Gasteiger partial charge in [-0.3, -0.25) is 18.7 Å². The van der Waals surface area contributed by atoms with Crippen molar-refractivity contribution < 1.29 is 9.18 Å². The first-order chi connectivity index (χ1) is 18.4. The lowest BCUT2D eigenvalue weighted by atomic mass is 9.97. The summed E-state index contributed by atoms with van der Waals surface area (Å²) in [5.41, 5.74) is 3.86. The molecule has 5 rings (SSSR count). The van der Waals surface area contributed by atoms with Gasteiger partial charge in [-0.05, 0) is 87.1 Å². The number of thioether (sulfide) groups is 1. The van der Waals surface area contributed by atoms with Crippen LogP contribution in [0.25, 0.3) is 21.7 Å². The van der Waals surface area contributed by atoms with E-state index in [1.165, 1.54) is 70.3 Å². The van der Waals surface area contributed by atoms with E-state index in [1.807, 2.05) is 35.8 Å². The highest BCUT2D eigenvalue weighted by atomic mass is 32.2. The van der Waals surface area contributed by atoms with Crippen molar-refractivity contribution in [2.75, 3.05) is 12.3 Å². The molecule has 1 aliphatic rings. The molecule has 0 aliphatic heterocycles.